The molecular weight excluding hydrogens is 416 g/mol. The normalized spacial score (nSPS) is 27.7. The molecule has 1 aliphatic heterocycles. The Morgan fingerprint density at radius 1 is 1.22 bits per heavy atom. The third-order valence-corrected chi connectivity index (χ3v) is 6.61. The molecule has 11 heteroatoms. The van der Waals surface area contributed by atoms with Gasteiger partial charge in [-0.2, -0.15) is 0 Å². The number of nitrogens with zero attached hydrogens (tertiary/aromatic N) is 4. The fourth-order valence-corrected chi connectivity index (χ4v) is 4.78. The van der Waals surface area contributed by atoms with Crippen LogP contribution in [0, 0.1) is 5.92 Å². The van der Waals surface area contributed by atoms with Gasteiger partial charge in [0.1, 0.15) is 29.7 Å². The fraction of sp³-hybridized carbons (Fsp3) is 0.714. The predicted molar refractivity (Wildman–Crippen MR) is 115 cm³/mol. The smallest absolute Gasteiger partial charge is 0.217 e. The van der Waals surface area contributed by atoms with Gasteiger partial charge in [-0.15, -0.1) is 0 Å². The zero-order valence-electron chi connectivity index (χ0n) is 18.0. The zero-order valence-corrected chi connectivity index (χ0v) is 18.0. The molecule has 4 rings (SSSR count). The second kappa shape index (κ2) is 9.65. The molecule has 0 spiro atoms. The fourth-order valence-electron chi connectivity index (χ4n) is 4.78. The molecule has 0 radical (unpaired) electrons. The van der Waals surface area contributed by atoms with E-state index in [1.165, 1.54) is 43.0 Å². The summed E-state index contributed by atoms with van der Waals surface area (Å²) in [5, 5.41) is 31.3. The van der Waals surface area contributed by atoms with Crippen molar-refractivity contribution in [2.24, 2.45) is 11.7 Å². The number of nitrogen functional groups attached to an aromatic ring is 1. The number of aryl methyl sites for hydroxylation is 1. The van der Waals surface area contributed by atoms with Crippen molar-refractivity contribution in [2.75, 3.05) is 5.73 Å². The average molecular weight is 449 g/mol. The maximum atomic E-state index is 11.0. The minimum atomic E-state index is -1.36. The summed E-state index contributed by atoms with van der Waals surface area (Å²) in [4.78, 5) is 24.3. The van der Waals surface area contributed by atoms with Crippen LogP contribution in [-0.4, -0.2) is 65.2 Å². The molecule has 2 aromatic heterocycles. The van der Waals surface area contributed by atoms with Crippen LogP contribution in [0.3, 0.4) is 0 Å². The molecule has 1 amide bonds. The van der Waals surface area contributed by atoms with Crippen molar-refractivity contribution in [1.82, 2.24) is 19.5 Å². The average Bonchev–Trinajstić information content (AvgIpc) is 3.33. The monoisotopic (exact) mass is 448 g/mol. The van der Waals surface area contributed by atoms with Gasteiger partial charge in [-0.3, -0.25) is 9.36 Å². The van der Waals surface area contributed by atoms with Gasteiger partial charge in [-0.05, 0) is 18.8 Å². The quantitative estimate of drug-likeness (QED) is 0.375. The van der Waals surface area contributed by atoms with E-state index in [1.54, 1.807) is 0 Å². The minimum Gasteiger partial charge on any atom is -0.390 e. The molecule has 1 saturated heterocycles. The van der Waals surface area contributed by atoms with Crippen LogP contribution in [0.15, 0.2) is 6.33 Å². The lowest BCUT2D eigenvalue weighted by Gasteiger charge is -2.21. The van der Waals surface area contributed by atoms with E-state index >= 15 is 0 Å². The van der Waals surface area contributed by atoms with E-state index in [0.29, 0.717) is 29.3 Å². The lowest BCUT2D eigenvalue weighted by atomic mass is 9.86. The van der Waals surface area contributed by atoms with E-state index < -0.39 is 36.6 Å². The standard InChI is InChI=1S/C21H32N6O5/c22-13(29)8-7-12(28)18-16(30)17(31)21(32-18)27-10-24-15-19(23)25-14(26-20(15)27)9-6-11-4-2-1-3-5-11/h10-12,16-18,21,28,30-31H,1-9H2,(H2,22,29)(H2,23,25,26)/t12?,16-,17+,18+,21+/m0/s1. The maximum absolute atomic E-state index is 11.0. The van der Waals surface area contributed by atoms with Gasteiger partial charge in [0.15, 0.2) is 17.7 Å². The Morgan fingerprint density at radius 3 is 2.69 bits per heavy atom. The van der Waals surface area contributed by atoms with Crippen LogP contribution < -0.4 is 11.5 Å². The van der Waals surface area contributed by atoms with Gasteiger partial charge in [0, 0.05) is 12.8 Å². The number of ether oxygens (including phenoxy) is 1. The van der Waals surface area contributed by atoms with Gasteiger partial charge in [0.25, 0.3) is 0 Å². The summed E-state index contributed by atoms with van der Waals surface area (Å²) < 4.78 is 7.29. The molecular formula is C21H32N6O5. The highest BCUT2D eigenvalue weighted by molar-refractivity contribution is 5.81. The van der Waals surface area contributed by atoms with Gasteiger partial charge in [0.05, 0.1) is 12.4 Å². The Bertz CT molecular complexity index is 946. The van der Waals surface area contributed by atoms with E-state index in [1.807, 2.05) is 0 Å². The highest BCUT2D eigenvalue weighted by atomic mass is 16.6. The van der Waals surface area contributed by atoms with Crippen LogP contribution in [0.5, 0.6) is 0 Å². The Hall–Kier alpha value is -2.34. The Labute approximate surface area is 185 Å². The molecule has 1 saturated carbocycles. The van der Waals surface area contributed by atoms with Crippen molar-refractivity contribution in [1.29, 1.82) is 0 Å². The number of aliphatic hydroxyl groups is 3. The van der Waals surface area contributed by atoms with Crippen LogP contribution in [0.1, 0.15) is 63.4 Å². The molecule has 32 heavy (non-hydrogen) atoms. The predicted octanol–water partition coefficient (Wildman–Crippen LogP) is 0.167. The summed E-state index contributed by atoms with van der Waals surface area (Å²) in [7, 11) is 0. The SMILES string of the molecule is NC(=O)CCC(O)[C@H]1O[C@@H](n2cnc3c(N)nc(CCC4CCCCC4)nc32)[C@H](O)[C@@H]1O. The van der Waals surface area contributed by atoms with Gasteiger partial charge in [-0.25, -0.2) is 15.0 Å². The summed E-state index contributed by atoms with van der Waals surface area (Å²) >= 11 is 0. The first-order valence-corrected chi connectivity index (χ1v) is 11.3. The van der Waals surface area contributed by atoms with Gasteiger partial charge in [-0.1, -0.05) is 32.1 Å². The lowest BCUT2D eigenvalue weighted by molar-refractivity contribution is -0.120. The molecule has 7 N–H and O–H groups in total. The van der Waals surface area contributed by atoms with Crippen LogP contribution in [0.2, 0.25) is 0 Å². The van der Waals surface area contributed by atoms with E-state index in [2.05, 4.69) is 15.0 Å². The van der Waals surface area contributed by atoms with Crippen molar-refractivity contribution in [3.8, 4) is 0 Å². The molecule has 176 valence electrons. The third kappa shape index (κ3) is 4.70. The Balaban J connectivity index is 1.53. The number of fused-ring (bicyclic) bond motifs is 1. The summed E-state index contributed by atoms with van der Waals surface area (Å²) in [6.07, 6.45) is 3.41. The van der Waals surface area contributed by atoms with Crippen molar-refractivity contribution in [3.63, 3.8) is 0 Å². The third-order valence-electron chi connectivity index (χ3n) is 6.61. The number of amides is 1. The lowest BCUT2D eigenvalue weighted by Crippen LogP contribution is -2.39. The number of carbonyl (C=O) groups is 1. The van der Waals surface area contributed by atoms with Crippen molar-refractivity contribution >= 4 is 22.9 Å². The van der Waals surface area contributed by atoms with E-state index in [4.69, 9.17) is 16.2 Å². The van der Waals surface area contributed by atoms with E-state index in [-0.39, 0.29) is 18.7 Å². The molecule has 0 aromatic carbocycles. The minimum absolute atomic E-state index is 0.0155. The summed E-state index contributed by atoms with van der Waals surface area (Å²) in [5.41, 5.74) is 12.0. The number of hydrogen-bond acceptors (Lipinski definition) is 9. The first kappa shape index (κ1) is 22.8. The highest BCUT2D eigenvalue weighted by Crippen LogP contribution is 2.34. The number of aliphatic hydroxyl groups excluding tert-OH is 3. The number of carbonyl (C=O) groups excluding carboxylic acids is 1. The Morgan fingerprint density at radius 2 is 1.97 bits per heavy atom. The topological polar surface area (TPSA) is 183 Å². The number of hydrogen-bond donors (Lipinski definition) is 5. The van der Waals surface area contributed by atoms with Crippen molar-refractivity contribution in [3.05, 3.63) is 12.2 Å². The van der Waals surface area contributed by atoms with Gasteiger partial charge < -0.3 is 31.5 Å². The van der Waals surface area contributed by atoms with Crippen LogP contribution in [0.4, 0.5) is 5.82 Å². The van der Waals surface area contributed by atoms with Crippen molar-refractivity contribution < 1.29 is 24.9 Å². The highest BCUT2D eigenvalue weighted by Gasteiger charge is 2.47. The largest absolute Gasteiger partial charge is 0.390 e. The number of imidazole rings is 1. The van der Waals surface area contributed by atoms with Crippen LogP contribution >= 0.6 is 0 Å². The molecule has 11 nitrogen and oxygen atoms in total. The second-order valence-electron chi connectivity index (χ2n) is 8.94. The van der Waals surface area contributed by atoms with Crippen LogP contribution in [-0.2, 0) is 16.0 Å². The van der Waals surface area contributed by atoms with Gasteiger partial charge >= 0.3 is 0 Å². The maximum Gasteiger partial charge on any atom is 0.217 e. The molecule has 0 bridgehead atoms. The second-order valence-corrected chi connectivity index (χ2v) is 8.94. The van der Waals surface area contributed by atoms with Crippen molar-refractivity contribution in [2.45, 2.75) is 88.4 Å². The molecule has 1 unspecified atom stereocenters. The molecule has 2 aromatic rings. The number of anilines is 1. The van der Waals surface area contributed by atoms with E-state index in [0.717, 1.165) is 6.42 Å². The summed E-state index contributed by atoms with van der Waals surface area (Å²) in [6, 6.07) is 0. The van der Waals surface area contributed by atoms with Gasteiger partial charge in [0.2, 0.25) is 5.91 Å². The molecule has 5 atom stereocenters. The molecule has 1 aliphatic carbocycles. The van der Waals surface area contributed by atoms with E-state index in [9.17, 15) is 20.1 Å². The zero-order chi connectivity index (χ0) is 22.8. The summed E-state index contributed by atoms with van der Waals surface area (Å²) in [5.74, 6) is 0.959. The first-order chi connectivity index (χ1) is 15.3. The molecule has 3 heterocycles. The summed E-state index contributed by atoms with van der Waals surface area (Å²) in [6.45, 7) is 0. The number of rotatable bonds is 8. The molecule has 2 aliphatic rings. The number of aromatic nitrogens is 4. The number of nitrogens with two attached hydrogens (primary N) is 2. The number of primary amides is 1. The Kier molecular flexibility index (Phi) is 6.89. The van der Waals surface area contributed by atoms with Crippen LogP contribution in [0.25, 0.3) is 11.2 Å². The molecule has 2 fully saturated rings. The first-order valence-electron chi connectivity index (χ1n) is 11.3.